The van der Waals surface area contributed by atoms with Crippen LogP contribution in [-0.2, 0) is 16.0 Å². The number of benzene rings is 1. The van der Waals surface area contributed by atoms with Crippen LogP contribution in [0.1, 0.15) is 25.3 Å². The van der Waals surface area contributed by atoms with Crippen molar-refractivity contribution in [1.29, 1.82) is 0 Å². The number of carboxylic acids is 1. The summed E-state index contributed by atoms with van der Waals surface area (Å²) in [7, 11) is 0. The fourth-order valence-electron chi connectivity index (χ4n) is 3.28. The predicted molar refractivity (Wildman–Crippen MR) is 85.2 cm³/mol. The van der Waals surface area contributed by atoms with E-state index >= 15 is 0 Å². The van der Waals surface area contributed by atoms with Crippen LogP contribution in [0.25, 0.3) is 0 Å². The van der Waals surface area contributed by atoms with Gasteiger partial charge in [0.1, 0.15) is 5.60 Å². The summed E-state index contributed by atoms with van der Waals surface area (Å²) >= 11 is 5.94. The molecule has 0 aliphatic carbocycles. The van der Waals surface area contributed by atoms with Crippen LogP contribution in [-0.4, -0.2) is 47.3 Å². The lowest BCUT2D eigenvalue weighted by atomic mass is 9.87. The molecule has 0 spiro atoms. The second kappa shape index (κ2) is 6.19. The molecule has 3 rings (SSSR count). The normalized spacial score (nSPS) is 31.9. The number of likely N-dealkylation sites (tertiary alicyclic amines) is 1. The summed E-state index contributed by atoms with van der Waals surface area (Å²) in [4.78, 5) is 13.7. The zero-order valence-electron chi connectivity index (χ0n) is 12.8. The number of piperidine rings is 1. The molecule has 120 valence electrons. The smallest absolute Gasteiger partial charge is 0.306 e. The molecule has 2 aliphatic rings. The van der Waals surface area contributed by atoms with Gasteiger partial charge < -0.3 is 9.84 Å². The van der Waals surface area contributed by atoms with Crippen molar-refractivity contribution in [2.45, 2.75) is 37.8 Å². The highest BCUT2D eigenvalue weighted by atomic mass is 35.5. The molecular weight excluding hydrogens is 302 g/mol. The minimum atomic E-state index is -0.672. The molecule has 0 bridgehead atoms. The Balaban J connectivity index is 1.71. The van der Waals surface area contributed by atoms with E-state index < -0.39 is 5.97 Å². The summed E-state index contributed by atoms with van der Waals surface area (Å²) in [5.74, 6) is -0.906. The van der Waals surface area contributed by atoms with Crippen molar-refractivity contribution in [2.24, 2.45) is 5.92 Å². The Bertz CT molecular complexity index is 541. The van der Waals surface area contributed by atoms with Crippen molar-refractivity contribution in [3.8, 4) is 0 Å². The second-order valence-electron chi connectivity index (χ2n) is 6.75. The molecule has 0 aromatic heterocycles. The monoisotopic (exact) mass is 323 g/mol. The molecule has 0 radical (unpaired) electrons. The molecular formula is C17H22ClNO3. The van der Waals surface area contributed by atoms with Crippen LogP contribution in [0, 0.1) is 5.92 Å². The first-order valence-corrected chi connectivity index (χ1v) is 8.18. The van der Waals surface area contributed by atoms with Gasteiger partial charge in [-0.1, -0.05) is 23.7 Å². The Kier molecular flexibility index (Phi) is 4.44. The van der Waals surface area contributed by atoms with Crippen LogP contribution in [0.5, 0.6) is 0 Å². The largest absolute Gasteiger partial charge is 0.481 e. The summed E-state index contributed by atoms with van der Waals surface area (Å²) in [5, 5.41) is 10.1. The van der Waals surface area contributed by atoms with Gasteiger partial charge in [0.05, 0.1) is 12.5 Å². The number of carboxylic acid groups (broad SMARTS) is 1. The number of hydrogen-bond acceptors (Lipinski definition) is 3. The zero-order valence-corrected chi connectivity index (χ0v) is 13.6. The fourth-order valence-corrected chi connectivity index (χ4v) is 3.41. The van der Waals surface area contributed by atoms with Gasteiger partial charge in [0.15, 0.2) is 0 Å². The van der Waals surface area contributed by atoms with Crippen molar-refractivity contribution in [3.05, 3.63) is 34.9 Å². The maximum absolute atomic E-state index is 11.3. The van der Waals surface area contributed by atoms with Crippen LogP contribution in [0.4, 0.5) is 0 Å². The predicted octanol–water partition coefficient (Wildman–Crippen LogP) is 2.84. The first-order chi connectivity index (χ1) is 10.5. The van der Waals surface area contributed by atoms with E-state index in [9.17, 15) is 9.90 Å². The van der Waals surface area contributed by atoms with Crippen molar-refractivity contribution < 1.29 is 14.6 Å². The van der Waals surface area contributed by atoms with Gasteiger partial charge in [-0.2, -0.15) is 0 Å². The lowest BCUT2D eigenvalue weighted by Crippen LogP contribution is -2.48. The molecule has 2 saturated heterocycles. The highest BCUT2D eigenvalue weighted by Gasteiger charge is 2.43. The van der Waals surface area contributed by atoms with Gasteiger partial charge in [-0.3, -0.25) is 9.69 Å². The highest BCUT2D eigenvalue weighted by Crippen LogP contribution is 2.32. The van der Waals surface area contributed by atoms with E-state index in [4.69, 9.17) is 16.3 Å². The van der Waals surface area contributed by atoms with E-state index in [1.807, 2.05) is 24.3 Å². The summed E-state index contributed by atoms with van der Waals surface area (Å²) < 4.78 is 5.51. The Morgan fingerprint density at radius 3 is 2.73 bits per heavy atom. The van der Waals surface area contributed by atoms with E-state index in [-0.39, 0.29) is 17.6 Å². The third kappa shape index (κ3) is 3.80. The number of halogens is 1. The van der Waals surface area contributed by atoms with E-state index in [1.54, 1.807) is 0 Å². The minimum Gasteiger partial charge on any atom is -0.481 e. The summed E-state index contributed by atoms with van der Waals surface area (Å²) in [5.41, 5.74) is 1.17. The Morgan fingerprint density at radius 1 is 1.45 bits per heavy atom. The van der Waals surface area contributed by atoms with Crippen molar-refractivity contribution in [3.63, 3.8) is 0 Å². The number of nitrogens with zero attached hydrogens (tertiary/aromatic N) is 1. The van der Waals surface area contributed by atoms with Crippen LogP contribution in [0.3, 0.4) is 0 Å². The zero-order chi connectivity index (χ0) is 15.7. The van der Waals surface area contributed by atoms with E-state index in [1.165, 1.54) is 5.56 Å². The molecule has 1 aromatic carbocycles. The molecule has 5 heteroatoms. The van der Waals surface area contributed by atoms with Crippen molar-refractivity contribution >= 4 is 17.6 Å². The van der Waals surface area contributed by atoms with Gasteiger partial charge in [-0.05, 0) is 50.4 Å². The van der Waals surface area contributed by atoms with Crippen LogP contribution in [0.15, 0.2) is 24.3 Å². The second-order valence-corrected chi connectivity index (χ2v) is 7.19. The number of carbonyl (C=O) groups is 1. The number of epoxide rings is 1. The minimum absolute atomic E-state index is 0.0334. The van der Waals surface area contributed by atoms with Gasteiger partial charge in [0, 0.05) is 17.6 Å². The molecule has 4 nitrogen and oxygen atoms in total. The topological polar surface area (TPSA) is 53.1 Å². The molecule has 2 aliphatic heterocycles. The third-order valence-corrected chi connectivity index (χ3v) is 5.00. The van der Waals surface area contributed by atoms with Gasteiger partial charge in [-0.15, -0.1) is 0 Å². The Hall–Kier alpha value is -1.10. The van der Waals surface area contributed by atoms with Gasteiger partial charge in [-0.25, -0.2) is 0 Å². The van der Waals surface area contributed by atoms with E-state index in [0.717, 1.165) is 37.6 Å². The molecule has 0 saturated carbocycles. The van der Waals surface area contributed by atoms with Gasteiger partial charge in [0.25, 0.3) is 0 Å². The van der Waals surface area contributed by atoms with E-state index in [2.05, 4.69) is 11.8 Å². The van der Waals surface area contributed by atoms with E-state index in [0.29, 0.717) is 6.42 Å². The summed E-state index contributed by atoms with van der Waals surface area (Å²) in [6.45, 7) is 4.64. The number of ether oxygens (including phenoxy) is 1. The maximum Gasteiger partial charge on any atom is 0.306 e. The standard InChI is InChI=1S/C17H22ClNO3/c1-17(11-22-17)10-19-7-6-13(16(20)21)9-15(19)8-12-2-4-14(18)5-3-12/h2-5,13,15H,6-11H2,1H3,(H,20,21)/t13?,15-,17?/m1/s1. The SMILES string of the molecule is CC1(CN2CCC(C(=O)O)C[C@H]2Cc2ccc(Cl)cc2)CO1. The fraction of sp³-hybridized carbons (Fsp3) is 0.588. The average Bonchev–Trinajstić information content (AvgIpc) is 3.20. The first kappa shape index (κ1) is 15.8. The maximum atomic E-state index is 11.3. The molecule has 2 heterocycles. The number of hydrogen-bond donors (Lipinski definition) is 1. The molecule has 2 unspecified atom stereocenters. The van der Waals surface area contributed by atoms with Crippen LogP contribution in [0.2, 0.25) is 5.02 Å². The Morgan fingerprint density at radius 2 is 2.14 bits per heavy atom. The summed E-state index contributed by atoms with van der Waals surface area (Å²) in [6, 6.07) is 8.09. The Labute approximate surface area is 136 Å². The molecule has 1 aromatic rings. The molecule has 1 N–H and O–H groups in total. The molecule has 22 heavy (non-hydrogen) atoms. The first-order valence-electron chi connectivity index (χ1n) is 7.80. The average molecular weight is 324 g/mol. The lowest BCUT2D eigenvalue weighted by Gasteiger charge is -2.39. The molecule has 3 atom stereocenters. The van der Waals surface area contributed by atoms with Crippen molar-refractivity contribution in [1.82, 2.24) is 4.90 Å². The number of rotatable bonds is 5. The highest BCUT2D eigenvalue weighted by molar-refractivity contribution is 6.30. The number of aliphatic carboxylic acids is 1. The quantitative estimate of drug-likeness (QED) is 0.847. The lowest BCUT2D eigenvalue weighted by molar-refractivity contribution is -0.144. The third-order valence-electron chi connectivity index (χ3n) is 4.75. The van der Waals surface area contributed by atoms with Crippen molar-refractivity contribution in [2.75, 3.05) is 19.7 Å². The van der Waals surface area contributed by atoms with Gasteiger partial charge in [0.2, 0.25) is 0 Å². The van der Waals surface area contributed by atoms with Gasteiger partial charge >= 0.3 is 5.97 Å². The molecule has 2 fully saturated rings. The van der Waals surface area contributed by atoms with Crippen LogP contribution >= 0.6 is 11.6 Å². The van der Waals surface area contributed by atoms with Crippen LogP contribution < -0.4 is 0 Å². The molecule has 0 amide bonds. The summed E-state index contributed by atoms with van der Waals surface area (Å²) in [6.07, 6.45) is 2.29.